The first-order valence-corrected chi connectivity index (χ1v) is 7.42. The molecule has 0 radical (unpaired) electrons. The van der Waals surface area contributed by atoms with Gasteiger partial charge in [0.2, 0.25) is 5.88 Å². The van der Waals surface area contributed by atoms with Crippen LogP contribution in [-0.4, -0.2) is 45.3 Å². The van der Waals surface area contributed by atoms with E-state index in [-0.39, 0.29) is 5.69 Å². The van der Waals surface area contributed by atoms with Crippen molar-refractivity contribution < 1.29 is 19.4 Å². The number of carbonyl (C=O) groups is 1. The zero-order chi connectivity index (χ0) is 17.8. The largest absolute Gasteiger partial charge is 0.497 e. The summed E-state index contributed by atoms with van der Waals surface area (Å²) in [4.78, 5) is 15.6. The zero-order valence-electron chi connectivity index (χ0n) is 13.7. The van der Waals surface area contributed by atoms with Gasteiger partial charge >= 0.3 is 5.97 Å². The van der Waals surface area contributed by atoms with Crippen molar-refractivity contribution in [2.45, 2.75) is 6.54 Å². The van der Waals surface area contributed by atoms with Gasteiger partial charge in [-0.05, 0) is 29.8 Å². The van der Waals surface area contributed by atoms with Gasteiger partial charge in [-0.1, -0.05) is 11.3 Å². The summed E-state index contributed by atoms with van der Waals surface area (Å²) in [5.41, 5.74) is 1.85. The topological polar surface area (TPSA) is 99.4 Å². The summed E-state index contributed by atoms with van der Waals surface area (Å²) in [5.74, 6) is 0.0490. The number of benzene rings is 1. The normalized spacial score (nSPS) is 10.5. The number of methoxy groups -OCH3 is 2. The Morgan fingerprint density at radius 1 is 1.12 bits per heavy atom. The predicted octanol–water partition coefficient (Wildman–Crippen LogP) is 2.10. The first kappa shape index (κ1) is 16.4. The second-order valence-corrected chi connectivity index (χ2v) is 5.19. The lowest BCUT2D eigenvalue weighted by Gasteiger charge is -2.08. The van der Waals surface area contributed by atoms with E-state index in [4.69, 9.17) is 9.47 Å². The van der Waals surface area contributed by atoms with Gasteiger partial charge in [0, 0.05) is 17.8 Å². The number of carboxylic acid groups (broad SMARTS) is 1. The van der Waals surface area contributed by atoms with Crippen LogP contribution in [0.3, 0.4) is 0 Å². The Morgan fingerprint density at radius 3 is 2.44 bits per heavy atom. The zero-order valence-corrected chi connectivity index (χ0v) is 13.7. The van der Waals surface area contributed by atoms with Crippen LogP contribution >= 0.6 is 0 Å². The Morgan fingerprint density at radius 2 is 1.88 bits per heavy atom. The van der Waals surface area contributed by atoms with Crippen LogP contribution in [0.5, 0.6) is 11.6 Å². The SMILES string of the molecule is COc1ccc(-c2c(C(=O)O)nnn2Cc2ccc(OC)nc2)cc1. The second kappa shape index (κ2) is 7.00. The lowest BCUT2D eigenvalue weighted by Crippen LogP contribution is -2.06. The average Bonchev–Trinajstić information content (AvgIpc) is 3.06. The highest BCUT2D eigenvalue weighted by molar-refractivity contribution is 5.92. The smallest absolute Gasteiger partial charge is 0.358 e. The molecule has 0 fully saturated rings. The second-order valence-electron chi connectivity index (χ2n) is 5.19. The number of hydrogen-bond acceptors (Lipinski definition) is 6. The number of aromatic carboxylic acids is 1. The molecule has 3 rings (SSSR count). The van der Waals surface area contributed by atoms with Gasteiger partial charge in [-0.15, -0.1) is 5.10 Å². The third-order valence-corrected chi connectivity index (χ3v) is 3.64. The van der Waals surface area contributed by atoms with Crippen molar-refractivity contribution in [3.05, 3.63) is 53.9 Å². The highest BCUT2D eigenvalue weighted by Crippen LogP contribution is 2.25. The molecular weight excluding hydrogens is 324 g/mol. The van der Waals surface area contributed by atoms with Crippen LogP contribution < -0.4 is 9.47 Å². The average molecular weight is 340 g/mol. The number of hydrogen-bond donors (Lipinski definition) is 1. The molecule has 0 atom stereocenters. The molecule has 2 aromatic heterocycles. The molecule has 1 aromatic carbocycles. The van der Waals surface area contributed by atoms with Gasteiger partial charge in [-0.2, -0.15) is 0 Å². The number of pyridine rings is 1. The Labute approximate surface area is 143 Å². The molecule has 2 heterocycles. The molecule has 0 saturated carbocycles. The van der Waals surface area contributed by atoms with Crippen LogP contribution in [0, 0.1) is 0 Å². The molecule has 0 saturated heterocycles. The Kier molecular flexibility index (Phi) is 4.60. The summed E-state index contributed by atoms with van der Waals surface area (Å²) in [6, 6.07) is 10.6. The van der Waals surface area contributed by atoms with E-state index in [9.17, 15) is 9.90 Å². The Bertz CT molecular complexity index is 873. The summed E-state index contributed by atoms with van der Waals surface area (Å²) in [7, 11) is 3.11. The molecule has 25 heavy (non-hydrogen) atoms. The molecule has 8 heteroatoms. The molecule has 0 bridgehead atoms. The lowest BCUT2D eigenvalue weighted by atomic mass is 10.1. The summed E-state index contributed by atoms with van der Waals surface area (Å²) in [6.07, 6.45) is 1.65. The molecule has 0 aliphatic carbocycles. The number of rotatable bonds is 6. The van der Waals surface area contributed by atoms with Gasteiger partial charge in [0.15, 0.2) is 5.69 Å². The van der Waals surface area contributed by atoms with Crippen LogP contribution in [0.4, 0.5) is 0 Å². The van der Waals surface area contributed by atoms with Crippen LogP contribution in [-0.2, 0) is 6.54 Å². The van der Waals surface area contributed by atoms with Gasteiger partial charge in [-0.3, -0.25) is 0 Å². The molecule has 0 aliphatic rings. The first-order chi connectivity index (χ1) is 12.1. The quantitative estimate of drug-likeness (QED) is 0.733. The third-order valence-electron chi connectivity index (χ3n) is 3.64. The fraction of sp³-hybridized carbons (Fsp3) is 0.176. The van der Waals surface area contributed by atoms with Crippen molar-refractivity contribution in [1.82, 2.24) is 20.0 Å². The standard InChI is InChI=1S/C17H16N4O4/c1-24-13-6-4-12(5-7-13)16-15(17(22)23)19-20-21(16)10-11-3-8-14(25-2)18-9-11/h3-9H,10H2,1-2H3,(H,22,23). The van der Waals surface area contributed by atoms with Gasteiger partial charge in [0.1, 0.15) is 11.4 Å². The van der Waals surface area contributed by atoms with Gasteiger partial charge < -0.3 is 14.6 Å². The maximum absolute atomic E-state index is 11.5. The van der Waals surface area contributed by atoms with Crippen molar-refractivity contribution in [2.75, 3.05) is 14.2 Å². The van der Waals surface area contributed by atoms with E-state index >= 15 is 0 Å². The highest BCUT2D eigenvalue weighted by atomic mass is 16.5. The van der Waals surface area contributed by atoms with Gasteiger partial charge in [0.25, 0.3) is 0 Å². The van der Waals surface area contributed by atoms with E-state index < -0.39 is 5.97 Å². The summed E-state index contributed by atoms with van der Waals surface area (Å²) < 4.78 is 11.7. The summed E-state index contributed by atoms with van der Waals surface area (Å²) >= 11 is 0. The van der Waals surface area contributed by atoms with E-state index in [2.05, 4.69) is 15.3 Å². The molecular formula is C17H16N4O4. The fourth-order valence-electron chi connectivity index (χ4n) is 2.40. The van der Waals surface area contributed by atoms with E-state index in [1.54, 1.807) is 50.7 Å². The first-order valence-electron chi connectivity index (χ1n) is 7.42. The Balaban J connectivity index is 1.99. The van der Waals surface area contributed by atoms with Gasteiger partial charge in [0.05, 0.1) is 20.8 Å². The Hall–Kier alpha value is -3.42. The summed E-state index contributed by atoms with van der Waals surface area (Å²) in [5, 5.41) is 17.2. The fourth-order valence-corrected chi connectivity index (χ4v) is 2.40. The van der Waals surface area contributed by atoms with Gasteiger partial charge in [-0.25, -0.2) is 14.5 Å². The predicted molar refractivity (Wildman–Crippen MR) is 88.9 cm³/mol. The van der Waals surface area contributed by atoms with E-state index in [0.717, 1.165) is 5.56 Å². The molecule has 1 N–H and O–H groups in total. The van der Waals surface area contributed by atoms with E-state index in [0.29, 0.717) is 29.4 Å². The minimum atomic E-state index is -1.13. The monoisotopic (exact) mass is 340 g/mol. The molecule has 0 spiro atoms. The van der Waals surface area contributed by atoms with Crippen LogP contribution in [0.15, 0.2) is 42.6 Å². The molecule has 3 aromatic rings. The van der Waals surface area contributed by atoms with Crippen molar-refractivity contribution in [2.24, 2.45) is 0 Å². The van der Waals surface area contributed by atoms with E-state index in [1.807, 2.05) is 6.07 Å². The van der Waals surface area contributed by atoms with Crippen molar-refractivity contribution in [3.63, 3.8) is 0 Å². The van der Waals surface area contributed by atoms with Crippen LogP contribution in [0.1, 0.15) is 16.1 Å². The van der Waals surface area contributed by atoms with Crippen LogP contribution in [0.25, 0.3) is 11.3 Å². The molecule has 0 aliphatic heterocycles. The van der Waals surface area contributed by atoms with E-state index in [1.165, 1.54) is 4.68 Å². The van der Waals surface area contributed by atoms with Crippen LogP contribution in [0.2, 0.25) is 0 Å². The molecule has 128 valence electrons. The maximum atomic E-state index is 11.5. The number of nitrogens with zero attached hydrogens (tertiary/aromatic N) is 4. The molecule has 0 unspecified atom stereocenters. The third kappa shape index (κ3) is 3.42. The van der Waals surface area contributed by atoms with Crippen molar-refractivity contribution >= 4 is 5.97 Å². The van der Waals surface area contributed by atoms with Crippen molar-refractivity contribution in [3.8, 4) is 22.9 Å². The minimum absolute atomic E-state index is 0.105. The minimum Gasteiger partial charge on any atom is -0.497 e. The van der Waals surface area contributed by atoms with Crippen molar-refractivity contribution in [1.29, 1.82) is 0 Å². The maximum Gasteiger partial charge on any atom is 0.358 e. The number of carboxylic acids is 1. The highest BCUT2D eigenvalue weighted by Gasteiger charge is 2.20. The summed E-state index contributed by atoms with van der Waals surface area (Å²) in [6.45, 7) is 0.332. The number of aromatic nitrogens is 4. The molecule has 0 amide bonds. The lowest BCUT2D eigenvalue weighted by molar-refractivity contribution is 0.0691. The number of ether oxygens (including phenoxy) is 2. The molecule has 8 nitrogen and oxygen atoms in total.